The summed E-state index contributed by atoms with van der Waals surface area (Å²) in [7, 11) is 0. The van der Waals surface area contributed by atoms with E-state index in [0.717, 1.165) is 13.0 Å². The second-order valence-corrected chi connectivity index (χ2v) is 5.81. The van der Waals surface area contributed by atoms with E-state index in [1.807, 2.05) is 6.92 Å². The van der Waals surface area contributed by atoms with Gasteiger partial charge in [0, 0.05) is 23.5 Å². The normalized spacial score (nSPS) is 21.0. The molecule has 2 unspecified atom stereocenters. The molecule has 2 atom stereocenters. The van der Waals surface area contributed by atoms with Gasteiger partial charge >= 0.3 is 12.0 Å². The number of carboxylic acid groups (broad SMARTS) is 1. The van der Waals surface area contributed by atoms with Gasteiger partial charge in [0.15, 0.2) is 0 Å². The number of hydrogen-bond acceptors (Lipinski definition) is 3. The van der Waals surface area contributed by atoms with E-state index in [1.54, 1.807) is 6.07 Å². The molecule has 7 heteroatoms. The number of carbonyl (C=O) groups is 2. The maximum absolute atomic E-state index is 11.8. The summed E-state index contributed by atoms with van der Waals surface area (Å²) in [5, 5.41) is 14.4. The maximum atomic E-state index is 11.8. The molecule has 114 valence electrons. The fraction of sp³-hybridized carbons (Fsp3) is 0.429. The van der Waals surface area contributed by atoms with Gasteiger partial charge in [0.1, 0.15) is 0 Å². The number of nitrogens with one attached hydrogen (secondary N) is 2. The molecule has 0 saturated carbocycles. The number of rotatable bonds is 4. The van der Waals surface area contributed by atoms with Crippen LogP contribution in [0.1, 0.15) is 23.7 Å². The van der Waals surface area contributed by atoms with Crippen LogP contribution in [-0.2, 0) is 4.74 Å². The molecule has 21 heavy (non-hydrogen) atoms. The van der Waals surface area contributed by atoms with Crippen LogP contribution in [0.25, 0.3) is 0 Å². The van der Waals surface area contributed by atoms with Crippen molar-refractivity contribution >= 4 is 33.6 Å². The third-order valence-corrected chi connectivity index (χ3v) is 4.18. The van der Waals surface area contributed by atoms with Gasteiger partial charge in [0.25, 0.3) is 0 Å². The highest BCUT2D eigenvalue weighted by Gasteiger charge is 2.24. The van der Waals surface area contributed by atoms with Crippen LogP contribution < -0.4 is 10.6 Å². The Hall–Kier alpha value is -1.60. The Labute approximate surface area is 131 Å². The van der Waals surface area contributed by atoms with Gasteiger partial charge in [0.2, 0.25) is 0 Å². The Kier molecular flexibility index (Phi) is 5.19. The first kappa shape index (κ1) is 15.8. The molecule has 0 aliphatic carbocycles. The van der Waals surface area contributed by atoms with E-state index in [-0.39, 0.29) is 17.7 Å². The summed E-state index contributed by atoms with van der Waals surface area (Å²) in [5.41, 5.74) is 0.679. The first-order chi connectivity index (χ1) is 9.97. The van der Waals surface area contributed by atoms with Gasteiger partial charge in [-0.1, -0.05) is 0 Å². The lowest BCUT2D eigenvalue weighted by Crippen LogP contribution is -2.35. The number of amides is 2. The SMILES string of the molecule is CC1OCCC1CNC(=O)Nc1ccc(C(=O)O)cc1Br. The first-order valence-electron chi connectivity index (χ1n) is 6.66. The van der Waals surface area contributed by atoms with Gasteiger partial charge in [-0.15, -0.1) is 0 Å². The highest BCUT2D eigenvalue weighted by molar-refractivity contribution is 9.10. The van der Waals surface area contributed by atoms with Crippen molar-refractivity contribution in [3.63, 3.8) is 0 Å². The Morgan fingerprint density at radius 2 is 2.24 bits per heavy atom. The molecule has 2 rings (SSSR count). The van der Waals surface area contributed by atoms with Crippen LogP contribution in [0.3, 0.4) is 0 Å². The average molecular weight is 357 g/mol. The second kappa shape index (κ2) is 6.91. The van der Waals surface area contributed by atoms with E-state index in [4.69, 9.17) is 9.84 Å². The summed E-state index contributed by atoms with van der Waals surface area (Å²) in [6.07, 6.45) is 1.10. The van der Waals surface area contributed by atoms with E-state index >= 15 is 0 Å². The smallest absolute Gasteiger partial charge is 0.335 e. The molecule has 0 bridgehead atoms. The van der Waals surface area contributed by atoms with Crippen LogP contribution in [0.4, 0.5) is 10.5 Å². The predicted octanol–water partition coefficient (Wildman–Crippen LogP) is 2.69. The molecule has 0 radical (unpaired) electrons. The lowest BCUT2D eigenvalue weighted by molar-refractivity contribution is 0.0697. The van der Waals surface area contributed by atoms with Gasteiger partial charge in [0.05, 0.1) is 17.4 Å². The lowest BCUT2D eigenvalue weighted by atomic mass is 10.0. The second-order valence-electron chi connectivity index (χ2n) is 4.96. The van der Waals surface area contributed by atoms with Crippen LogP contribution in [0.2, 0.25) is 0 Å². The summed E-state index contributed by atoms with van der Waals surface area (Å²) in [5.74, 6) is -0.685. The molecule has 6 nitrogen and oxygen atoms in total. The van der Waals surface area contributed by atoms with E-state index < -0.39 is 5.97 Å². The molecule has 1 aromatic rings. The molecule has 2 amide bonds. The molecule has 1 heterocycles. The first-order valence-corrected chi connectivity index (χ1v) is 7.46. The standard InChI is InChI=1S/C14H17BrN2O4/c1-8-10(4-5-21-8)7-16-14(20)17-12-3-2-9(13(18)19)6-11(12)15/h2-3,6,8,10H,4-5,7H2,1H3,(H,18,19)(H2,16,17,20). The number of carboxylic acids is 1. The molecule has 1 saturated heterocycles. The predicted molar refractivity (Wildman–Crippen MR) is 81.6 cm³/mol. The minimum Gasteiger partial charge on any atom is -0.478 e. The van der Waals surface area contributed by atoms with Crippen molar-refractivity contribution in [2.75, 3.05) is 18.5 Å². The van der Waals surface area contributed by atoms with Crippen molar-refractivity contribution < 1.29 is 19.4 Å². The number of carbonyl (C=O) groups excluding carboxylic acids is 1. The number of hydrogen-bond donors (Lipinski definition) is 3. The largest absolute Gasteiger partial charge is 0.478 e. The average Bonchev–Trinajstić information content (AvgIpc) is 2.84. The summed E-state index contributed by atoms with van der Waals surface area (Å²) in [4.78, 5) is 22.7. The van der Waals surface area contributed by atoms with Crippen LogP contribution in [0, 0.1) is 5.92 Å². The van der Waals surface area contributed by atoms with Gasteiger partial charge in [-0.25, -0.2) is 9.59 Å². The van der Waals surface area contributed by atoms with Crippen molar-refractivity contribution in [2.24, 2.45) is 5.92 Å². The zero-order chi connectivity index (χ0) is 15.4. The zero-order valence-electron chi connectivity index (χ0n) is 11.6. The van der Waals surface area contributed by atoms with Crippen molar-refractivity contribution in [1.82, 2.24) is 5.32 Å². The van der Waals surface area contributed by atoms with Crippen molar-refractivity contribution in [1.29, 1.82) is 0 Å². The Balaban J connectivity index is 1.89. The van der Waals surface area contributed by atoms with E-state index in [1.165, 1.54) is 12.1 Å². The topological polar surface area (TPSA) is 87.7 Å². The molecule has 3 N–H and O–H groups in total. The summed E-state index contributed by atoms with van der Waals surface area (Å²) in [6.45, 7) is 3.29. The number of urea groups is 1. The number of aromatic carboxylic acids is 1. The minimum absolute atomic E-state index is 0.157. The molecule has 0 spiro atoms. The van der Waals surface area contributed by atoms with Crippen molar-refractivity contribution in [3.05, 3.63) is 28.2 Å². The third kappa shape index (κ3) is 4.18. The zero-order valence-corrected chi connectivity index (χ0v) is 13.1. The molecule has 1 aliphatic rings. The van der Waals surface area contributed by atoms with Crippen LogP contribution in [0.5, 0.6) is 0 Å². The van der Waals surface area contributed by atoms with Crippen molar-refractivity contribution in [2.45, 2.75) is 19.4 Å². The number of ether oxygens (including phenoxy) is 1. The van der Waals surface area contributed by atoms with Crippen LogP contribution in [-0.4, -0.2) is 36.4 Å². The Morgan fingerprint density at radius 3 is 2.81 bits per heavy atom. The minimum atomic E-state index is -1.01. The van der Waals surface area contributed by atoms with E-state index in [2.05, 4.69) is 26.6 Å². The van der Waals surface area contributed by atoms with Gasteiger partial charge in [-0.3, -0.25) is 0 Å². The van der Waals surface area contributed by atoms with Gasteiger partial charge in [-0.05, 0) is 47.5 Å². The Bertz CT molecular complexity index is 550. The van der Waals surface area contributed by atoms with Crippen LogP contribution in [0.15, 0.2) is 22.7 Å². The van der Waals surface area contributed by atoms with E-state index in [9.17, 15) is 9.59 Å². The molecule has 1 aliphatic heterocycles. The summed E-state index contributed by atoms with van der Waals surface area (Å²) < 4.78 is 5.96. The monoisotopic (exact) mass is 356 g/mol. The maximum Gasteiger partial charge on any atom is 0.335 e. The van der Waals surface area contributed by atoms with Crippen molar-refractivity contribution in [3.8, 4) is 0 Å². The lowest BCUT2D eigenvalue weighted by Gasteiger charge is -2.15. The fourth-order valence-corrected chi connectivity index (χ4v) is 2.66. The fourth-order valence-electron chi connectivity index (χ4n) is 2.18. The Morgan fingerprint density at radius 1 is 1.48 bits per heavy atom. The number of benzene rings is 1. The van der Waals surface area contributed by atoms with E-state index in [0.29, 0.717) is 22.6 Å². The van der Waals surface area contributed by atoms with Gasteiger partial charge < -0.3 is 20.5 Å². The van der Waals surface area contributed by atoms with Crippen LogP contribution >= 0.6 is 15.9 Å². The molecular formula is C14H17BrN2O4. The third-order valence-electron chi connectivity index (χ3n) is 3.52. The molecule has 0 aromatic heterocycles. The summed E-state index contributed by atoms with van der Waals surface area (Å²) in [6, 6.07) is 4.12. The van der Waals surface area contributed by atoms with Gasteiger partial charge in [-0.2, -0.15) is 0 Å². The number of anilines is 1. The highest BCUT2D eigenvalue weighted by atomic mass is 79.9. The molecule has 1 fully saturated rings. The highest BCUT2D eigenvalue weighted by Crippen LogP contribution is 2.24. The summed E-state index contributed by atoms with van der Waals surface area (Å²) >= 11 is 3.25. The number of halogens is 1. The molecular weight excluding hydrogens is 340 g/mol. The molecule has 1 aromatic carbocycles. The quantitative estimate of drug-likeness (QED) is 0.773.